The summed E-state index contributed by atoms with van der Waals surface area (Å²) in [4.78, 5) is 12.6. The summed E-state index contributed by atoms with van der Waals surface area (Å²) in [6.45, 7) is 4.69. The summed E-state index contributed by atoms with van der Waals surface area (Å²) < 4.78 is 10.6. The molecule has 1 aliphatic rings. The zero-order valence-electron chi connectivity index (χ0n) is 11.1. The van der Waals surface area contributed by atoms with E-state index < -0.39 is 5.54 Å². The van der Waals surface area contributed by atoms with Crippen molar-refractivity contribution in [2.24, 2.45) is 5.73 Å². The van der Waals surface area contributed by atoms with Gasteiger partial charge < -0.3 is 15.2 Å². The Morgan fingerprint density at radius 3 is 2.72 bits per heavy atom. The topological polar surface area (TPSA) is 61.5 Å². The molecule has 0 radical (unpaired) electrons. The fourth-order valence-corrected chi connectivity index (χ4v) is 2.39. The van der Waals surface area contributed by atoms with Gasteiger partial charge in [0.15, 0.2) is 5.78 Å². The zero-order chi connectivity index (χ0) is 13.3. The largest absolute Gasteiger partial charge is 0.496 e. The van der Waals surface area contributed by atoms with Gasteiger partial charge in [-0.3, -0.25) is 4.79 Å². The van der Waals surface area contributed by atoms with Gasteiger partial charge in [-0.25, -0.2) is 0 Å². The second-order valence-electron chi connectivity index (χ2n) is 4.95. The first-order valence-electron chi connectivity index (χ1n) is 6.04. The molecule has 4 nitrogen and oxygen atoms in total. The Bertz CT molecular complexity index is 476. The van der Waals surface area contributed by atoms with Gasteiger partial charge in [-0.2, -0.15) is 0 Å². The molecule has 0 bridgehead atoms. The van der Waals surface area contributed by atoms with Crippen molar-refractivity contribution in [1.29, 1.82) is 0 Å². The van der Waals surface area contributed by atoms with Crippen LogP contribution in [0.25, 0.3) is 0 Å². The minimum absolute atomic E-state index is 0.0886. The van der Waals surface area contributed by atoms with E-state index in [1.807, 2.05) is 26.0 Å². The van der Waals surface area contributed by atoms with E-state index >= 15 is 0 Å². The highest BCUT2D eigenvalue weighted by Crippen LogP contribution is 2.30. The SMILES string of the molecule is COc1cc(C)cc(C)c1C(=O)C1(N)CCOC1. The van der Waals surface area contributed by atoms with Gasteiger partial charge in [0.1, 0.15) is 11.3 Å². The monoisotopic (exact) mass is 249 g/mol. The minimum atomic E-state index is -0.909. The fourth-order valence-electron chi connectivity index (χ4n) is 2.39. The van der Waals surface area contributed by atoms with Gasteiger partial charge in [0.2, 0.25) is 0 Å². The first kappa shape index (κ1) is 13.1. The third kappa shape index (κ3) is 2.13. The van der Waals surface area contributed by atoms with E-state index in [1.54, 1.807) is 7.11 Å². The first-order valence-corrected chi connectivity index (χ1v) is 6.04. The molecule has 1 aliphatic heterocycles. The van der Waals surface area contributed by atoms with Gasteiger partial charge in [0, 0.05) is 6.61 Å². The molecule has 98 valence electrons. The van der Waals surface area contributed by atoms with Crippen LogP contribution in [0.1, 0.15) is 27.9 Å². The molecule has 2 rings (SSSR count). The number of rotatable bonds is 3. The van der Waals surface area contributed by atoms with Crippen molar-refractivity contribution in [2.75, 3.05) is 20.3 Å². The second-order valence-corrected chi connectivity index (χ2v) is 4.95. The number of methoxy groups -OCH3 is 1. The highest BCUT2D eigenvalue weighted by atomic mass is 16.5. The number of nitrogens with two attached hydrogens (primary N) is 1. The lowest BCUT2D eigenvalue weighted by molar-refractivity contribution is 0.0859. The Labute approximate surface area is 107 Å². The van der Waals surface area contributed by atoms with Gasteiger partial charge in [-0.1, -0.05) is 6.07 Å². The maximum Gasteiger partial charge on any atom is 0.189 e. The first-order chi connectivity index (χ1) is 8.48. The molecule has 1 saturated heterocycles. The number of Topliss-reactive ketones (excluding diaryl/α,β-unsaturated/α-hetero) is 1. The van der Waals surface area contributed by atoms with E-state index in [-0.39, 0.29) is 12.4 Å². The van der Waals surface area contributed by atoms with Crippen molar-refractivity contribution < 1.29 is 14.3 Å². The highest BCUT2D eigenvalue weighted by Gasteiger charge is 2.40. The van der Waals surface area contributed by atoms with Crippen LogP contribution < -0.4 is 10.5 Å². The quantitative estimate of drug-likeness (QED) is 0.827. The molecule has 18 heavy (non-hydrogen) atoms. The Hall–Kier alpha value is -1.39. The van der Waals surface area contributed by atoms with Crippen LogP contribution in [0.4, 0.5) is 0 Å². The van der Waals surface area contributed by atoms with Crippen molar-refractivity contribution in [3.05, 3.63) is 28.8 Å². The van der Waals surface area contributed by atoms with E-state index in [1.165, 1.54) is 0 Å². The molecule has 0 spiro atoms. The number of ether oxygens (including phenoxy) is 2. The van der Waals surface area contributed by atoms with Crippen LogP contribution in [-0.2, 0) is 4.74 Å². The number of benzene rings is 1. The number of aryl methyl sites for hydroxylation is 2. The fraction of sp³-hybridized carbons (Fsp3) is 0.500. The molecule has 1 fully saturated rings. The molecule has 0 aromatic heterocycles. The van der Waals surface area contributed by atoms with Gasteiger partial charge >= 0.3 is 0 Å². The summed E-state index contributed by atoms with van der Waals surface area (Å²) in [7, 11) is 1.57. The number of carbonyl (C=O) groups is 1. The van der Waals surface area contributed by atoms with Crippen LogP contribution in [0.15, 0.2) is 12.1 Å². The molecule has 0 saturated carbocycles. The summed E-state index contributed by atoms with van der Waals surface area (Å²) in [6.07, 6.45) is 0.558. The van der Waals surface area contributed by atoms with Crippen molar-refractivity contribution in [1.82, 2.24) is 0 Å². The molecule has 2 N–H and O–H groups in total. The van der Waals surface area contributed by atoms with Crippen LogP contribution >= 0.6 is 0 Å². The molecule has 0 amide bonds. The summed E-state index contributed by atoms with van der Waals surface area (Å²) in [5.41, 5.74) is 7.77. The molecule has 1 heterocycles. The predicted octanol–water partition coefficient (Wildman–Crippen LogP) is 1.61. The van der Waals surface area contributed by atoms with Crippen molar-refractivity contribution in [2.45, 2.75) is 25.8 Å². The smallest absolute Gasteiger partial charge is 0.189 e. The predicted molar refractivity (Wildman–Crippen MR) is 69.2 cm³/mol. The average Bonchev–Trinajstić information content (AvgIpc) is 2.75. The normalized spacial score (nSPS) is 23.1. The average molecular weight is 249 g/mol. The lowest BCUT2D eigenvalue weighted by Crippen LogP contribution is -2.48. The molecular formula is C14H19NO3. The molecule has 1 aromatic rings. The maximum absolute atomic E-state index is 12.6. The summed E-state index contributed by atoms with van der Waals surface area (Å²) in [5.74, 6) is 0.503. The van der Waals surface area contributed by atoms with Gasteiger partial charge in [0.05, 0.1) is 19.3 Å². The summed E-state index contributed by atoms with van der Waals surface area (Å²) >= 11 is 0. The lowest BCUT2D eigenvalue weighted by Gasteiger charge is -2.22. The van der Waals surface area contributed by atoms with E-state index in [4.69, 9.17) is 15.2 Å². The third-order valence-corrected chi connectivity index (χ3v) is 3.40. The zero-order valence-corrected chi connectivity index (χ0v) is 11.1. The third-order valence-electron chi connectivity index (χ3n) is 3.40. The standard InChI is InChI=1S/C14H19NO3/c1-9-6-10(2)12(11(7-9)17-3)13(16)14(15)4-5-18-8-14/h6-7H,4-5,8,15H2,1-3H3. The molecule has 0 aliphatic carbocycles. The van der Waals surface area contributed by atoms with Gasteiger partial charge in [0.25, 0.3) is 0 Å². The van der Waals surface area contributed by atoms with E-state index in [0.717, 1.165) is 11.1 Å². The Balaban J connectivity index is 2.47. The molecule has 4 heteroatoms. The Kier molecular flexibility index (Phi) is 3.41. The Morgan fingerprint density at radius 2 is 2.17 bits per heavy atom. The number of carbonyl (C=O) groups excluding carboxylic acids is 1. The van der Waals surface area contributed by atoms with E-state index in [2.05, 4.69) is 0 Å². The van der Waals surface area contributed by atoms with Crippen molar-refractivity contribution in [3.8, 4) is 5.75 Å². The molecular weight excluding hydrogens is 230 g/mol. The molecule has 1 aromatic carbocycles. The lowest BCUT2D eigenvalue weighted by atomic mass is 9.86. The molecule has 1 atom stereocenters. The van der Waals surface area contributed by atoms with Crippen molar-refractivity contribution >= 4 is 5.78 Å². The summed E-state index contributed by atoms with van der Waals surface area (Å²) in [5, 5.41) is 0. The number of hydrogen-bond donors (Lipinski definition) is 1. The minimum Gasteiger partial charge on any atom is -0.496 e. The Morgan fingerprint density at radius 1 is 1.44 bits per heavy atom. The van der Waals surface area contributed by atoms with Gasteiger partial charge in [-0.15, -0.1) is 0 Å². The van der Waals surface area contributed by atoms with Crippen LogP contribution in [-0.4, -0.2) is 31.6 Å². The highest BCUT2D eigenvalue weighted by molar-refractivity contribution is 6.06. The summed E-state index contributed by atoms with van der Waals surface area (Å²) in [6, 6.07) is 3.83. The van der Waals surface area contributed by atoms with Crippen LogP contribution in [0.5, 0.6) is 5.75 Å². The van der Waals surface area contributed by atoms with E-state index in [9.17, 15) is 4.79 Å². The van der Waals surface area contributed by atoms with Crippen LogP contribution in [0.3, 0.4) is 0 Å². The van der Waals surface area contributed by atoms with Gasteiger partial charge in [-0.05, 0) is 37.5 Å². The number of hydrogen-bond acceptors (Lipinski definition) is 4. The maximum atomic E-state index is 12.6. The van der Waals surface area contributed by atoms with Crippen LogP contribution in [0.2, 0.25) is 0 Å². The van der Waals surface area contributed by atoms with Crippen molar-refractivity contribution in [3.63, 3.8) is 0 Å². The van der Waals surface area contributed by atoms with Crippen LogP contribution in [0, 0.1) is 13.8 Å². The van der Waals surface area contributed by atoms with E-state index in [0.29, 0.717) is 24.3 Å². The molecule has 1 unspecified atom stereocenters. The number of ketones is 1. The second kappa shape index (κ2) is 4.71.